The summed E-state index contributed by atoms with van der Waals surface area (Å²) in [6, 6.07) is 15.3. The van der Waals surface area contributed by atoms with Crippen LogP contribution in [0.1, 0.15) is 33.9 Å². The van der Waals surface area contributed by atoms with E-state index in [-0.39, 0.29) is 11.9 Å². The summed E-state index contributed by atoms with van der Waals surface area (Å²) in [6.07, 6.45) is 1.91. The lowest BCUT2D eigenvalue weighted by molar-refractivity contribution is 0.0936. The molecular formula is C16H14ClNO. The molecule has 96 valence electrons. The van der Waals surface area contributed by atoms with E-state index in [9.17, 15) is 4.79 Å². The Labute approximate surface area is 117 Å². The van der Waals surface area contributed by atoms with Crippen molar-refractivity contribution in [2.45, 2.75) is 18.9 Å². The Morgan fingerprint density at radius 2 is 1.95 bits per heavy atom. The van der Waals surface area contributed by atoms with Gasteiger partial charge in [0.15, 0.2) is 0 Å². The van der Waals surface area contributed by atoms with Crippen molar-refractivity contribution in [2.24, 2.45) is 0 Å². The van der Waals surface area contributed by atoms with Crippen molar-refractivity contribution in [3.8, 4) is 0 Å². The van der Waals surface area contributed by atoms with Crippen molar-refractivity contribution < 1.29 is 4.79 Å². The Hall–Kier alpha value is -1.80. The fraction of sp³-hybridized carbons (Fsp3) is 0.188. The molecule has 0 aromatic heterocycles. The van der Waals surface area contributed by atoms with Crippen LogP contribution in [0.15, 0.2) is 48.5 Å². The molecule has 1 aliphatic rings. The first-order valence-corrected chi connectivity index (χ1v) is 6.76. The van der Waals surface area contributed by atoms with Gasteiger partial charge in [-0.15, -0.1) is 0 Å². The highest BCUT2D eigenvalue weighted by molar-refractivity contribution is 6.30. The van der Waals surface area contributed by atoms with Gasteiger partial charge in [-0.1, -0.05) is 35.9 Å². The number of aryl methyl sites for hydroxylation is 1. The van der Waals surface area contributed by atoms with Gasteiger partial charge in [0.1, 0.15) is 0 Å². The summed E-state index contributed by atoms with van der Waals surface area (Å²) in [4.78, 5) is 12.1. The van der Waals surface area contributed by atoms with E-state index in [1.807, 2.05) is 48.5 Å². The second-order valence-corrected chi connectivity index (χ2v) is 5.21. The minimum atomic E-state index is -0.0200. The van der Waals surface area contributed by atoms with Crippen molar-refractivity contribution in [3.63, 3.8) is 0 Å². The van der Waals surface area contributed by atoms with Crippen LogP contribution in [0, 0.1) is 0 Å². The first-order chi connectivity index (χ1) is 9.24. The molecule has 0 heterocycles. The lowest BCUT2D eigenvalue weighted by Crippen LogP contribution is -2.27. The second-order valence-electron chi connectivity index (χ2n) is 4.77. The first kappa shape index (κ1) is 12.2. The standard InChI is InChI=1S/C16H14ClNO/c17-13-7-8-14-12(10-13)6-9-15(14)18-16(19)11-4-2-1-3-5-11/h1-5,7-8,10,15H,6,9H2,(H,18,19). The third kappa shape index (κ3) is 2.49. The Bertz CT molecular complexity index is 609. The monoisotopic (exact) mass is 271 g/mol. The van der Waals surface area contributed by atoms with Crippen LogP contribution in [0.5, 0.6) is 0 Å². The number of carbonyl (C=O) groups is 1. The predicted molar refractivity (Wildman–Crippen MR) is 76.4 cm³/mol. The molecule has 1 amide bonds. The molecule has 2 aromatic rings. The maximum atomic E-state index is 12.1. The summed E-state index contributed by atoms with van der Waals surface area (Å²) in [5.41, 5.74) is 3.13. The minimum Gasteiger partial charge on any atom is -0.345 e. The van der Waals surface area contributed by atoms with Crippen molar-refractivity contribution >= 4 is 17.5 Å². The lowest BCUT2D eigenvalue weighted by Gasteiger charge is -2.14. The number of halogens is 1. The molecule has 1 aliphatic carbocycles. The number of carbonyl (C=O) groups excluding carboxylic acids is 1. The van der Waals surface area contributed by atoms with E-state index in [1.54, 1.807) is 0 Å². The zero-order valence-corrected chi connectivity index (χ0v) is 11.2. The number of amides is 1. The topological polar surface area (TPSA) is 29.1 Å². The molecule has 0 saturated heterocycles. The maximum absolute atomic E-state index is 12.1. The van der Waals surface area contributed by atoms with E-state index < -0.39 is 0 Å². The minimum absolute atomic E-state index is 0.0200. The van der Waals surface area contributed by atoms with Gasteiger partial charge in [-0.3, -0.25) is 4.79 Å². The summed E-state index contributed by atoms with van der Waals surface area (Å²) >= 11 is 5.99. The fourth-order valence-corrected chi connectivity index (χ4v) is 2.76. The van der Waals surface area contributed by atoms with Crippen LogP contribution >= 0.6 is 11.6 Å². The van der Waals surface area contributed by atoms with E-state index in [4.69, 9.17) is 11.6 Å². The van der Waals surface area contributed by atoms with Gasteiger partial charge in [0, 0.05) is 10.6 Å². The third-order valence-electron chi connectivity index (χ3n) is 3.52. The molecule has 0 radical (unpaired) electrons. The number of benzene rings is 2. The van der Waals surface area contributed by atoms with Crippen LogP contribution in [0.4, 0.5) is 0 Å². The normalized spacial score (nSPS) is 17.0. The highest BCUT2D eigenvalue weighted by Gasteiger charge is 2.24. The highest BCUT2D eigenvalue weighted by atomic mass is 35.5. The van der Waals surface area contributed by atoms with Crippen LogP contribution in [0.2, 0.25) is 5.02 Å². The van der Waals surface area contributed by atoms with Crippen LogP contribution in [0.25, 0.3) is 0 Å². The molecule has 1 unspecified atom stereocenters. The predicted octanol–water partition coefficient (Wildman–Crippen LogP) is 3.76. The molecular weight excluding hydrogens is 258 g/mol. The fourth-order valence-electron chi connectivity index (χ4n) is 2.57. The largest absolute Gasteiger partial charge is 0.345 e. The van der Waals surface area contributed by atoms with Crippen molar-refractivity contribution in [1.82, 2.24) is 5.32 Å². The van der Waals surface area contributed by atoms with Crippen LogP contribution in [-0.4, -0.2) is 5.91 Å². The smallest absolute Gasteiger partial charge is 0.251 e. The Balaban J connectivity index is 1.78. The molecule has 19 heavy (non-hydrogen) atoms. The van der Waals surface area contributed by atoms with Crippen molar-refractivity contribution in [3.05, 3.63) is 70.2 Å². The number of rotatable bonds is 2. The molecule has 2 nitrogen and oxygen atoms in total. The van der Waals surface area contributed by atoms with E-state index >= 15 is 0 Å². The molecule has 0 bridgehead atoms. The molecule has 0 saturated carbocycles. The summed E-state index contributed by atoms with van der Waals surface area (Å²) in [6.45, 7) is 0. The molecule has 2 aromatic carbocycles. The van der Waals surface area contributed by atoms with Crippen LogP contribution in [-0.2, 0) is 6.42 Å². The number of hydrogen-bond acceptors (Lipinski definition) is 1. The summed E-state index contributed by atoms with van der Waals surface area (Å²) in [7, 11) is 0. The van der Waals surface area contributed by atoms with E-state index in [0.717, 1.165) is 17.9 Å². The van der Waals surface area contributed by atoms with Crippen LogP contribution < -0.4 is 5.32 Å². The zero-order chi connectivity index (χ0) is 13.2. The average molecular weight is 272 g/mol. The quantitative estimate of drug-likeness (QED) is 0.885. The first-order valence-electron chi connectivity index (χ1n) is 6.38. The molecule has 0 spiro atoms. The van der Waals surface area contributed by atoms with Gasteiger partial charge in [0.25, 0.3) is 5.91 Å². The number of fused-ring (bicyclic) bond motifs is 1. The average Bonchev–Trinajstić information content (AvgIpc) is 2.82. The van der Waals surface area contributed by atoms with Gasteiger partial charge < -0.3 is 5.32 Å². The van der Waals surface area contributed by atoms with Gasteiger partial charge in [-0.25, -0.2) is 0 Å². The van der Waals surface area contributed by atoms with Crippen molar-refractivity contribution in [1.29, 1.82) is 0 Å². The van der Waals surface area contributed by atoms with Crippen LogP contribution in [0.3, 0.4) is 0 Å². The van der Waals surface area contributed by atoms with Gasteiger partial charge in [0.05, 0.1) is 6.04 Å². The number of hydrogen-bond donors (Lipinski definition) is 1. The Morgan fingerprint density at radius 1 is 1.16 bits per heavy atom. The Kier molecular flexibility index (Phi) is 3.26. The molecule has 3 rings (SSSR count). The molecule has 1 N–H and O–H groups in total. The summed E-state index contributed by atoms with van der Waals surface area (Å²) in [5, 5.41) is 3.85. The van der Waals surface area contributed by atoms with E-state index in [0.29, 0.717) is 5.56 Å². The van der Waals surface area contributed by atoms with Gasteiger partial charge >= 0.3 is 0 Å². The highest BCUT2D eigenvalue weighted by Crippen LogP contribution is 2.32. The maximum Gasteiger partial charge on any atom is 0.251 e. The molecule has 0 fully saturated rings. The molecule has 3 heteroatoms. The van der Waals surface area contributed by atoms with Crippen molar-refractivity contribution in [2.75, 3.05) is 0 Å². The van der Waals surface area contributed by atoms with Gasteiger partial charge in [0.2, 0.25) is 0 Å². The summed E-state index contributed by atoms with van der Waals surface area (Å²) in [5.74, 6) is -0.0200. The van der Waals surface area contributed by atoms with Gasteiger partial charge in [-0.05, 0) is 48.2 Å². The zero-order valence-electron chi connectivity index (χ0n) is 10.4. The second kappa shape index (κ2) is 5.06. The molecule has 0 aliphatic heterocycles. The molecule has 1 atom stereocenters. The SMILES string of the molecule is O=C(NC1CCc2cc(Cl)ccc21)c1ccccc1. The number of nitrogens with one attached hydrogen (secondary N) is 1. The van der Waals surface area contributed by atoms with E-state index in [1.165, 1.54) is 11.1 Å². The summed E-state index contributed by atoms with van der Waals surface area (Å²) < 4.78 is 0. The Morgan fingerprint density at radius 3 is 2.74 bits per heavy atom. The van der Waals surface area contributed by atoms with E-state index in [2.05, 4.69) is 5.32 Å². The third-order valence-corrected chi connectivity index (χ3v) is 3.76. The lowest BCUT2D eigenvalue weighted by atomic mass is 10.1. The van der Waals surface area contributed by atoms with Gasteiger partial charge in [-0.2, -0.15) is 0 Å².